The summed E-state index contributed by atoms with van der Waals surface area (Å²) in [6.45, 7) is 3.88. The first-order valence-electron chi connectivity index (χ1n) is 5.59. The van der Waals surface area contributed by atoms with Crippen LogP contribution in [0.4, 0.5) is 0 Å². The normalized spacial score (nSPS) is 17.2. The van der Waals surface area contributed by atoms with Crippen molar-refractivity contribution in [1.82, 2.24) is 4.90 Å². The summed E-state index contributed by atoms with van der Waals surface area (Å²) in [6, 6.07) is 7.31. The van der Waals surface area contributed by atoms with Crippen LogP contribution in [0.1, 0.15) is 36.2 Å². The number of nitrogens with zero attached hydrogens (tertiary/aromatic N) is 1. The lowest BCUT2D eigenvalue weighted by Gasteiger charge is -2.31. The zero-order chi connectivity index (χ0) is 11.7. The Morgan fingerprint density at radius 2 is 2.00 bits per heavy atom. The van der Waals surface area contributed by atoms with E-state index in [1.54, 1.807) is 6.07 Å². The van der Waals surface area contributed by atoms with Crippen molar-refractivity contribution in [2.24, 2.45) is 0 Å². The molecule has 1 aromatic carbocycles. The highest BCUT2D eigenvalue weighted by atomic mass is 16.2. The zero-order valence-corrected chi connectivity index (χ0v) is 9.56. The van der Waals surface area contributed by atoms with E-state index in [4.69, 9.17) is 0 Å². The number of benzene rings is 1. The van der Waals surface area contributed by atoms with Crippen molar-refractivity contribution in [3.05, 3.63) is 35.4 Å². The van der Waals surface area contributed by atoms with Gasteiger partial charge in [0.1, 0.15) is 0 Å². The van der Waals surface area contributed by atoms with Gasteiger partial charge in [0, 0.05) is 11.6 Å². The minimum absolute atomic E-state index is 0.0200. The van der Waals surface area contributed by atoms with Crippen molar-refractivity contribution in [3.63, 3.8) is 0 Å². The van der Waals surface area contributed by atoms with Crippen molar-refractivity contribution in [2.45, 2.75) is 32.7 Å². The van der Waals surface area contributed by atoms with E-state index in [0.717, 1.165) is 12.0 Å². The van der Waals surface area contributed by atoms with Crippen LogP contribution in [0, 0.1) is 0 Å². The molecule has 0 saturated heterocycles. The summed E-state index contributed by atoms with van der Waals surface area (Å²) in [6.07, 6.45) is 1.13. The highest BCUT2D eigenvalue weighted by molar-refractivity contribution is 6.09. The number of fused-ring (bicyclic) bond motifs is 1. The molecular formula is C13H15NO2. The Morgan fingerprint density at radius 3 is 2.69 bits per heavy atom. The molecule has 0 saturated carbocycles. The van der Waals surface area contributed by atoms with Gasteiger partial charge in [-0.2, -0.15) is 0 Å². The number of carbonyl (C=O) groups is 2. The smallest absolute Gasteiger partial charge is 0.261 e. The van der Waals surface area contributed by atoms with Gasteiger partial charge in [0.05, 0.1) is 6.42 Å². The number of carbonyl (C=O) groups excluding carboxylic acids is 2. The lowest BCUT2D eigenvalue weighted by Crippen LogP contribution is -2.47. The van der Waals surface area contributed by atoms with Gasteiger partial charge in [0.15, 0.2) is 0 Å². The largest absolute Gasteiger partial charge is 0.275 e. The van der Waals surface area contributed by atoms with Crippen molar-refractivity contribution >= 4 is 11.8 Å². The average molecular weight is 217 g/mol. The van der Waals surface area contributed by atoms with Crippen LogP contribution in [0.15, 0.2) is 24.3 Å². The van der Waals surface area contributed by atoms with Crippen LogP contribution in [-0.4, -0.2) is 22.8 Å². The van der Waals surface area contributed by atoms with Gasteiger partial charge in [-0.15, -0.1) is 0 Å². The van der Waals surface area contributed by atoms with E-state index >= 15 is 0 Å². The number of hydrogen-bond acceptors (Lipinski definition) is 2. The quantitative estimate of drug-likeness (QED) is 0.711. The van der Waals surface area contributed by atoms with Crippen molar-refractivity contribution in [2.75, 3.05) is 0 Å². The number of hydrogen-bond donors (Lipinski definition) is 0. The molecule has 1 atom stereocenters. The molecule has 1 heterocycles. The first-order valence-corrected chi connectivity index (χ1v) is 5.59. The molecule has 1 aliphatic heterocycles. The number of amides is 2. The molecule has 2 rings (SSSR count). The van der Waals surface area contributed by atoms with Crippen molar-refractivity contribution < 1.29 is 9.59 Å². The Labute approximate surface area is 95.1 Å². The third-order valence-corrected chi connectivity index (χ3v) is 3.11. The fourth-order valence-electron chi connectivity index (χ4n) is 2.00. The van der Waals surface area contributed by atoms with Crippen molar-refractivity contribution in [1.29, 1.82) is 0 Å². The van der Waals surface area contributed by atoms with E-state index in [1.165, 1.54) is 4.90 Å². The van der Waals surface area contributed by atoms with E-state index in [9.17, 15) is 9.59 Å². The van der Waals surface area contributed by atoms with Crippen molar-refractivity contribution in [3.8, 4) is 0 Å². The van der Waals surface area contributed by atoms with Crippen LogP contribution < -0.4 is 0 Å². The molecule has 0 aliphatic carbocycles. The van der Waals surface area contributed by atoms with Crippen LogP contribution in [0.25, 0.3) is 0 Å². The molecule has 16 heavy (non-hydrogen) atoms. The van der Waals surface area contributed by atoms with Gasteiger partial charge in [0.25, 0.3) is 5.91 Å². The Bertz CT molecular complexity index is 439. The Hall–Kier alpha value is -1.64. The minimum atomic E-state index is -0.152. The summed E-state index contributed by atoms with van der Waals surface area (Å²) < 4.78 is 0. The molecule has 0 radical (unpaired) electrons. The second-order valence-corrected chi connectivity index (χ2v) is 4.16. The molecule has 2 amide bonds. The maximum absolute atomic E-state index is 12.1. The van der Waals surface area contributed by atoms with Gasteiger partial charge in [-0.1, -0.05) is 25.1 Å². The predicted molar refractivity (Wildman–Crippen MR) is 61.1 cm³/mol. The minimum Gasteiger partial charge on any atom is -0.275 e. The molecule has 0 fully saturated rings. The van der Waals surface area contributed by atoms with Crippen LogP contribution in [0.3, 0.4) is 0 Å². The first-order chi connectivity index (χ1) is 7.65. The second-order valence-electron chi connectivity index (χ2n) is 4.16. The fraction of sp³-hybridized carbons (Fsp3) is 0.385. The molecule has 0 aromatic heterocycles. The third kappa shape index (κ3) is 1.62. The number of rotatable bonds is 2. The molecule has 1 unspecified atom stereocenters. The molecule has 1 aliphatic rings. The van der Waals surface area contributed by atoms with Gasteiger partial charge in [-0.25, -0.2) is 0 Å². The molecule has 0 N–H and O–H groups in total. The summed E-state index contributed by atoms with van der Waals surface area (Å²) in [5, 5.41) is 0. The summed E-state index contributed by atoms with van der Waals surface area (Å²) >= 11 is 0. The topological polar surface area (TPSA) is 37.4 Å². The highest BCUT2D eigenvalue weighted by Crippen LogP contribution is 2.22. The van der Waals surface area contributed by atoms with E-state index in [1.807, 2.05) is 32.0 Å². The molecule has 0 bridgehead atoms. The fourth-order valence-corrected chi connectivity index (χ4v) is 2.00. The average Bonchev–Trinajstić information content (AvgIpc) is 2.28. The first kappa shape index (κ1) is 10.9. The Balaban J connectivity index is 2.42. The molecule has 3 heteroatoms. The summed E-state index contributed by atoms with van der Waals surface area (Å²) in [7, 11) is 0. The van der Waals surface area contributed by atoms with E-state index < -0.39 is 0 Å². The maximum atomic E-state index is 12.1. The zero-order valence-electron chi connectivity index (χ0n) is 9.56. The predicted octanol–water partition coefficient (Wildman–Crippen LogP) is 2.01. The Kier molecular flexibility index (Phi) is 2.77. The van der Waals surface area contributed by atoms with Gasteiger partial charge in [-0.3, -0.25) is 14.5 Å². The summed E-state index contributed by atoms with van der Waals surface area (Å²) in [5.41, 5.74) is 1.51. The van der Waals surface area contributed by atoms with Crippen LogP contribution in [0.2, 0.25) is 0 Å². The Morgan fingerprint density at radius 1 is 1.31 bits per heavy atom. The molecule has 0 spiro atoms. The molecule has 84 valence electrons. The van der Waals surface area contributed by atoms with Crippen LogP contribution in [0.5, 0.6) is 0 Å². The summed E-state index contributed by atoms with van der Waals surface area (Å²) in [4.78, 5) is 25.4. The SMILES string of the molecule is CCC(C)N1C(=O)Cc2ccccc2C1=O. The lowest BCUT2D eigenvalue weighted by atomic mass is 9.97. The van der Waals surface area contributed by atoms with Gasteiger partial charge in [-0.05, 0) is 25.0 Å². The number of imide groups is 1. The standard InChI is InChI=1S/C13H15NO2/c1-3-9(2)14-12(15)8-10-6-4-5-7-11(10)13(14)16/h4-7,9H,3,8H2,1-2H3. The maximum Gasteiger partial charge on any atom is 0.261 e. The van der Waals surface area contributed by atoms with E-state index in [-0.39, 0.29) is 17.9 Å². The monoisotopic (exact) mass is 217 g/mol. The van der Waals surface area contributed by atoms with E-state index in [0.29, 0.717) is 12.0 Å². The third-order valence-electron chi connectivity index (χ3n) is 3.11. The van der Waals surface area contributed by atoms with Crippen LogP contribution in [-0.2, 0) is 11.2 Å². The van der Waals surface area contributed by atoms with E-state index in [2.05, 4.69) is 0 Å². The van der Waals surface area contributed by atoms with Gasteiger partial charge < -0.3 is 0 Å². The summed E-state index contributed by atoms with van der Waals surface area (Å²) in [5.74, 6) is -0.237. The van der Waals surface area contributed by atoms with Gasteiger partial charge >= 0.3 is 0 Å². The molecular weight excluding hydrogens is 202 g/mol. The molecule has 3 nitrogen and oxygen atoms in total. The highest BCUT2D eigenvalue weighted by Gasteiger charge is 2.32. The second kappa shape index (κ2) is 4.08. The molecule has 1 aromatic rings. The van der Waals surface area contributed by atoms with Gasteiger partial charge in [0.2, 0.25) is 5.91 Å². The van der Waals surface area contributed by atoms with Crippen LogP contribution >= 0.6 is 0 Å². The lowest BCUT2D eigenvalue weighted by molar-refractivity contribution is -0.130.